The highest BCUT2D eigenvalue weighted by molar-refractivity contribution is 5.89. The summed E-state index contributed by atoms with van der Waals surface area (Å²) in [7, 11) is 0. The van der Waals surface area contributed by atoms with Crippen molar-refractivity contribution in [2.45, 2.75) is 25.8 Å². The standard InChI is InChI=1S/C21H22N2O5/c1-16(7-8-17-5-3-2-4-6-17)22-20(24)15-28-21(25)14-11-18-9-12-19(13-10-18)23(26)27/h2-6,9-14,16H,7-8,15H2,1H3,(H,22,24)/b14-11+/t16-/m0/s1. The van der Waals surface area contributed by atoms with Crippen molar-refractivity contribution < 1.29 is 19.2 Å². The topological polar surface area (TPSA) is 98.5 Å². The first-order chi connectivity index (χ1) is 13.4. The highest BCUT2D eigenvalue weighted by Gasteiger charge is 2.09. The van der Waals surface area contributed by atoms with Crippen LogP contribution in [0.15, 0.2) is 60.7 Å². The van der Waals surface area contributed by atoms with Crippen LogP contribution in [-0.2, 0) is 20.7 Å². The largest absolute Gasteiger partial charge is 0.452 e. The monoisotopic (exact) mass is 382 g/mol. The molecule has 0 aromatic heterocycles. The van der Waals surface area contributed by atoms with E-state index in [0.29, 0.717) is 5.56 Å². The predicted octanol–water partition coefficient (Wildman–Crippen LogP) is 3.29. The van der Waals surface area contributed by atoms with E-state index in [1.807, 2.05) is 37.3 Å². The SMILES string of the molecule is C[C@@H](CCc1ccccc1)NC(=O)COC(=O)/C=C/c1ccc([N+](=O)[O-])cc1. The third-order valence-corrected chi connectivity index (χ3v) is 3.98. The second-order valence-electron chi connectivity index (χ2n) is 6.28. The summed E-state index contributed by atoms with van der Waals surface area (Å²) in [6.45, 7) is 1.54. The molecule has 0 saturated carbocycles. The van der Waals surface area contributed by atoms with Crippen LogP contribution in [0, 0.1) is 10.1 Å². The van der Waals surface area contributed by atoms with Gasteiger partial charge in [-0.05, 0) is 49.1 Å². The summed E-state index contributed by atoms with van der Waals surface area (Å²) in [4.78, 5) is 33.7. The maximum atomic E-state index is 11.9. The zero-order valence-electron chi connectivity index (χ0n) is 15.5. The molecule has 0 aliphatic carbocycles. The van der Waals surface area contributed by atoms with E-state index in [9.17, 15) is 19.7 Å². The van der Waals surface area contributed by atoms with E-state index in [1.165, 1.54) is 42.0 Å². The molecular weight excluding hydrogens is 360 g/mol. The molecule has 1 amide bonds. The Morgan fingerprint density at radius 1 is 1.14 bits per heavy atom. The summed E-state index contributed by atoms with van der Waals surface area (Å²) in [6.07, 6.45) is 4.27. The molecule has 7 heteroatoms. The molecule has 0 aliphatic rings. The summed E-state index contributed by atoms with van der Waals surface area (Å²) in [5.41, 5.74) is 1.78. The summed E-state index contributed by atoms with van der Waals surface area (Å²) in [6, 6.07) is 15.7. The number of non-ortho nitro benzene ring substituents is 1. The molecule has 0 heterocycles. The number of benzene rings is 2. The lowest BCUT2D eigenvalue weighted by Gasteiger charge is -2.13. The Morgan fingerprint density at radius 2 is 1.82 bits per heavy atom. The number of amides is 1. The minimum atomic E-state index is -0.662. The number of carbonyl (C=O) groups excluding carboxylic acids is 2. The van der Waals surface area contributed by atoms with Gasteiger partial charge < -0.3 is 10.1 Å². The van der Waals surface area contributed by atoms with E-state index in [0.717, 1.165) is 12.8 Å². The van der Waals surface area contributed by atoms with Gasteiger partial charge in [0.1, 0.15) is 0 Å². The third-order valence-electron chi connectivity index (χ3n) is 3.98. The molecule has 0 aliphatic heterocycles. The Labute approximate surface area is 163 Å². The fraction of sp³-hybridized carbons (Fsp3) is 0.238. The first-order valence-corrected chi connectivity index (χ1v) is 8.86. The van der Waals surface area contributed by atoms with E-state index in [4.69, 9.17) is 4.74 Å². The van der Waals surface area contributed by atoms with Crippen LogP contribution in [0.25, 0.3) is 6.08 Å². The van der Waals surface area contributed by atoms with Gasteiger partial charge in [0.15, 0.2) is 6.61 Å². The Kier molecular flexibility index (Phi) is 7.90. The second kappa shape index (κ2) is 10.6. The first kappa shape index (κ1) is 20.8. The molecule has 1 N–H and O–H groups in total. The highest BCUT2D eigenvalue weighted by Crippen LogP contribution is 2.12. The van der Waals surface area contributed by atoms with E-state index >= 15 is 0 Å². The van der Waals surface area contributed by atoms with E-state index in [2.05, 4.69) is 5.32 Å². The maximum absolute atomic E-state index is 11.9. The van der Waals surface area contributed by atoms with Crippen molar-refractivity contribution >= 4 is 23.6 Å². The van der Waals surface area contributed by atoms with Gasteiger partial charge >= 0.3 is 5.97 Å². The van der Waals surface area contributed by atoms with Gasteiger partial charge in [-0.15, -0.1) is 0 Å². The van der Waals surface area contributed by atoms with E-state index < -0.39 is 10.9 Å². The number of nitro benzene ring substituents is 1. The number of hydrogen-bond donors (Lipinski definition) is 1. The number of rotatable bonds is 9. The van der Waals surface area contributed by atoms with Gasteiger partial charge in [-0.2, -0.15) is 0 Å². The molecule has 28 heavy (non-hydrogen) atoms. The zero-order valence-corrected chi connectivity index (χ0v) is 15.5. The van der Waals surface area contributed by atoms with Gasteiger partial charge in [0.25, 0.3) is 11.6 Å². The average molecular weight is 382 g/mol. The Morgan fingerprint density at radius 3 is 2.46 bits per heavy atom. The van der Waals surface area contributed by atoms with Crippen LogP contribution in [0.2, 0.25) is 0 Å². The summed E-state index contributed by atoms with van der Waals surface area (Å²) >= 11 is 0. The minimum absolute atomic E-state index is 0.0298. The quantitative estimate of drug-likeness (QED) is 0.311. The number of aryl methyl sites for hydroxylation is 1. The van der Waals surface area contributed by atoms with Crippen LogP contribution < -0.4 is 5.32 Å². The lowest BCUT2D eigenvalue weighted by Crippen LogP contribution is -2.36. The maximum Gasteiger partial charge on any atom is 0.331 e. The Hall–Kier alpha value is -3.48. The third kappa shape index (κ3) is 7.41. The van der Waals surface area contributed by atoms with Gasteiger partial charge in [-0.3, -0.25) is 14.9 Å². The van der Waals surface area contributed by atoms with Crippen molar-refractivity contribution in [3.05, 3.63) is 81.9 Å². The first-order valence-electron chi connectivity index (χ1n) is 8.86. The van der Waals surface area contributed by atoms with Crippen LogP contribution in [-0.4, -0.2) is 29.4 Å². The molecule has 2 aromatic carbocycles. The molecule has 0 radical (unpaired) electrons. The zero-order chi connectivity index (χ0) is 20.4. The van der Waals surface area contributed by atoms with Crippen molar-refractivity contribution in [1.82, 2.24) is 5.32 Å². The Bertz CT molecular complexity index is 832. The molecule has 0 spiro atoms. The van der Waals surface area contributed by atoms with Crippen molar-refractivity contribution in [3.8, 4) is 0 Å². The van der Waals surface area contributed by atoms with E-state index in [1.54, 1.807) is 0 Å². The fourth-order valence-corrected chi connectivity index (χ4v) is 2.47. The van der Waals surface area contributed by atoms with Crippen molar-refractivity contribution in [3.63, 3.8) is 0 Å². The number of esters is 1. The van der Waals surface area contributed by atoms with Crippen LogP contribution in [0.3, 0.4) is 0 Å². The predicted molar refractivity (Wildman–Crippen MR) is 105 cm³/mol. The Balaban J connectivity index is 1.69. The van der Waals surface area contributed by atoms with Crippen molar-refractivity contribution in [2.75, 3.05) is 6.61 Å². The van der Waals surface area contributed by atoms with Crippen LogP contribution in [0.5, 0.6) is 0 Å². The van der Waals surface area contributed by atoms with Gasteiger partial charge in [0.05, 0.1) is 4.92 Å². The molecule has 0 bridgehead atoms. The molecule has 0 saturated heterocycles. The fourth-order valence-electron chi connectivity index (χ4n) is 2.47. The molecular formula is C21H22N2O5. The highest BCUT2D eigenvalue weighted by atomic mass is 16.6. The second-order valence-corrected chi connectivity index (χ2v) is 6.28. The average Bonchev–Trinajstić information content (AvgIpc) is 2.70. The normalized spacial score (nSPS) is 11.8. The van der Waals surface area contributed by atoms with Crippen molar-refractivity contribution in [2.24, 2.45) is 0 Å². The van der Waals surface area contributed by atoms with Gasteiger partial charge in [-0.25, -0.2) is 4.79 Å². The van der Waals surface area contributed by atoms with Crippen LogP contribution >= 0.6 is 0 Å². The van der Waals surface area contributed by atoms with Crippen LogP contribution in [0.4, 0.5) is 5.69 Å². The number of nitro groups is 1. The summed E-state index contributed by atoms with van der Waals surface area (Å²) < 4.78 is 4.91. The van der Waals surface area contributed by atoms with Gasteiger partial charge in [-0.1, -0.05) is 30.3 Å². The number of nitrogens with one attached hydrogen (secondary N) is 1. The number of hydrogen-bond acceptors (Lipinski definition) is 5. The minimum Gasteiger partial charge on any atom is -0.452 e. The smallest absolute Gasteiger partial charge is 0.331 e. The molecule has 2 aromatic rings. The molecule has 0 fully saturated rings. The lowest BCUT2D eigenvalue weighted by atomic mass is 10.1. The summed E-state index contributed by atoms with van der Waals surface area (Å²) in [5, 5.41) is 13.4. The van der Waals surface area contributed by atoms with Crippen LogP contribution in [0.1, 0.15) is 24.5 Å². The molecule has 2 rings (SSSR count). The number of carbonyl (C=O) groups is 2. The molecule has 146 valence electrons. The molecule has 7 nitrogen and oxygen atoms in total. The molecule has 1 atom stereocenters. The summed E-state index contributed by atoms with van der Waals surface area (Å²) in [5.74, 6) is -1.02. The van der Waals surface area contributed by atoms with E-state index in [-0.39, 0.29) is 24.2 Å². The molecule has 0 unspecified atom stereocenters. The number of nitrogens with zero attached hydrogens (tertiary/aromatic N) is 1. The lowest BCUT2D eigenvalue weighted by molar-refractivity contribution is -0.384. The van der Waals surface area contributed by atoms with Gasteiger partial charge in [0, 0.05) is 24.3 Å². The van der Waals surface area contributed by atoms with Gasteiger partial charge in [0.2, 0.25) is 0 Å². The number of ether oxygens (including phenoxy) is 1. The van der Waals surface area contributed by atoms with Crippen molar-refractivity contribution in [1.29, 1.82) is 0 Å².